The number of carbonyl (C=O) groups is 2. The summed E-state index contributed by atoms with van der Waals surface area (Å²) in [7, 11) is 4.60. The van der Waals surface area contributed by atoms with Crippen molar-refractivity contribution in [1.29, 1.82) is 0 Å². The molecule has 1 saturated heterocycles. The molecule has 0 atom stereocenters. The highest BCUT2D eigenvalue weighted by Crippen LogP contribution is 2.40. The van der Waals surface area contributed by atoms with Gasteiger partial charge in [-0.2, -0.15) is 0 Å². The molecule has 0 spiro atoms. The lowest BCUT2D eigenvalue weighted by atomic mass is 9.95. The van der Waals surface area contributed by atoms with E-state index in [0.29, 0.717) is 61.2 Å². The number of ether oxygens (including phenoxy) is 3. The van der Waals surface area contributed by atoms with E-state index in [-0.39, 0.29) is 17.7 Å². The maximum Gasteiger partial charge on any atom is 0.227 e. The van der Waals surface area contributed by atoms with Crippen LogP contribution in [0.2, 0.25) is 0 Å². The van der Waals surface area contributed by atoms with Crippen LogP contribution < -0.4 is 19.5 Å². The van der Waals surface area contributed by atoms with Gasteiger partial charge in [0.25, 0.3) is 0 Å². The molecule has 0 bridgehead atoms. The molecule has 0 aromatic heterocycles. The third-order valence-electron chi connectivity index (χ3n) is 4.73. The molecule has 1 aliphatic rings. The number of nitrogens with one attached hydrogen (secondary N) is 1. The van der Waals surface area contributed by atoms with Gasteiger partial charge >= 0.3 is 0 Å². The first-order valence-electron chi connectivity index (χ1n) is 9.28. The van der Waals surface area contributed by atoms with Crippen LogP contribution in [0.15, 0.2) is 12.1 Å². The van der Waals surface area contributed by atoms with Crippen LogP contribution >= 0.6 is 0 Å². The van der Waals surface area contributed by atoms with E-state index in [0.717, 1.165) is 0 Å². The molecule has 0 radical (unpaired) electrons. The second kappa shape index (κ2) is 9.48. The van der Waals surface area contributed by atoms with Crippen LogP contribution in [0, 0.1) is 11.8 Å². The SMILES string of the molecule is COc1cc(NC(=O)C2CCN(C(=O)CC(C)C)CC2)cc(OC)c1OC. The summed E-state index contributed by atoms with van der Waals surface area (Å²) >= 11 is 0. The number of nitrogens with zero attached hydrogens (tertiary/aromatic N) is 1. The number of hydrogen-bond acceptors (Lipinski definition) is 5. The van der Waals surface area contributed by atoms with Gasteiger partial charge in [0.05, 0.1) is 21.3 Å². The molecule has 1 aliphatic heterocycles. The van der Waals surface area contributed by atoms with Crippen molar-refractivity contribution >= 4 is 17.5 Å². The van der Waals surface area contributed by atoms with Crippen LogP contribution in [0.5, 0.6) is 17.2 Å². The normalized spacial score (nSPS) is 14.8. The van der Waals surface area contributed by atoms with Crippen LogP contribution in [-0.2, 0) is 9.59 Å². The lowest BCUT2D eigenvalue weighted by Gasteiger charge is -2.32. The molecule has 0 aliphatic carbocycles. The molecular weight excluding hydrogens is 348 g/mol. The molecule has 1 aromatic rings. The fourth-order valence-electron chi connectivity index (χ4n) is 3.27. The Balaban J connectivity index is 1.99. The Bertz CT molecular complexity index is 641. The first kappa shape index (κ1) is 20.9. The summed E-state index contributed by atoms with van der Waals surface area (Å²) < 4.78 is 15.9. The minimum absolute atomic E-state index is 0.0553. The smallest absolute Gasteiger partial charge is 0.227 e. The standard InChI is InChI=1S/C20H30N2O5/c1-13(2)10-18(23)22-8-6-14(7-9-22)20(24)21-15-11-16(25-3)19(27-5)17(12-15)26-4/h11-14H,6-10H2,1-5H3,(H,21,24). The molecule has 2 amide bonds. The Morgan fingerprint density at radius 1 is 1.07 bits per heavy atom. The number of carbonyl (C=O) groups excluding carboxylic acids is 2. The molecule has 1 N–H and O–H groups in total. The average Bonchev–Trinajstić information content (AvgIpc) is 2.66. The van der Waals surface area contributed by atoms with Gasteiger partial charge < -0.3 is 24.4 Å². The maximum absolute atomic E-state index is 12.6. The third kappa shape index (κ3) is 5.28. The Morgan fingerprint density at radius 2 is 1.63 bits per heavy atom. The number of likely N-dealkylation sites (tertiary alicyclic amines) is 1. The first-order valence-corrected chi connectivity index (χ1v) is 9.28. The predicted octanol–water partition coefficient (Wildman–Crippen LogP) is 2.94. The van der Waals surface area contributed by atoms with Gasteiger partial charge in [-0.3, -0.25) is 9.59 Å². The Morgan fingerprint density at radius 3 is 2.07 bits per heavy atom. The van der Waals surface area contributed by atoms with Crippen molar-refractivity contribution in [2.24, 2.45) is 11.8 Å². The highest BCUT2D eigenvalue weighted by molar-refractivity contribution is 5.93. The summed E-state index contributed by atoms with van der Waals surface area (Å²) in [6.07, 6.45) is 1.89. The first-order chi connectivity index (χ1) is 12.9. The fourth-order valence-corrected chi connectivity index (χ4v) is 3.27. The minimum atomic E-state index is -0.118. The Hall–Kier alpha value is -2.44. The van der Waals surface area contributed by atoms with Gasteiger partial charge in [0.2, 0.25) is 17.6 Å². The highest BCUT2D eigenvalue weighted by Gasteiger charge is 2.28. The summed E-state index contributed by atoms with van der Waals surface area (Å²) in [5.74, 6) is 1.80. The van der Waals surface area contributed by atoms with Gasteiger partial charge in [-0.05, 0) is 18.8 Å². The van der Waals surface area contributed by atoms with Gasteiger partial charge in [0.1, 0.15) is 0 Å². The molecule has 2 rings (SSSR count). The van der Waals surface area contributed by atoms with Crippen molar-refractivity contribution in [3.8, 4) is 17.2 Å². The molecule has 27 heavy (non-hydrogen) atoms. The van der Waals surface area contributed by atoms with E-state index < -0.39 is 0 Å². The van der Waals surface area contributed by atoms with E-state index in [2.05, 4.69) is 5.32 Å². The van der Waals surface area contributed by atoms with Crippen LogP contribution in [-0.4, -0.2) is 51.1 Å². The fraction of sp³-hybridized carbons (Fsp3) is 0.600. The van der Waals surface area contributed by atoms with Gasteiger partial charge in [0, 0.05) is 43.2 Å². The monoisotopic (exact) mass is 378 g/mol. The van der Waals surface area contributed by atoms with Crippen molar-refractivity contribution in [2.75, 3.05) is 39.7 Å². The molecule has 0 saturated carbocycles. The van der Waals surface area contributed by atoms with E-state index in [1.54, 1.807) is 12.1 Å². The van der Waals surface area contributed by atoms with Crippen LogP contribution in [0.1, 0.15) is 33.1 Å². The summed E-state index contributed by atoms with van der Waals surface area (Å²) in [4.78, 5) is 26.7. The largest absolute Gasteiger partial charge is 0.493 e. The second-order valence-corrected chi connectivity index (χ2v) is 7.16. The minimum Gasteiger partial charge on any atom is -0.493 e. The lowest BCUT2D eigenvalue weighted by molar-refractivity contribution is -0.135. The molecule has 7 nitrogen and oxygen atoms in total. The van der Waals surface area contributed by atoms with Crippen molar-refractivity contribution < 1.29 is 23.8 Å². The van der Waals surface area contributed by atoms with Gasteiger partial charge in [0.15, 0.2) is 11.5 Å². The van der Waals surface area contributed by atoms with E-state index in [4.69, 9.17) is 14.2 Å². The van der Waals surface area contributed by atoms with E-state index >= 15 is 0 Å². The van der Waals surface area contributed by atoms with Crippen LogP contribution in [0.25, 0.3) is 0 Å². The number of benzene rings is 1. The van der Waals surface area contributed by atoms with Gasteiger partial charge in [-0.25, -0.2) is 0 Å². The maximum atomic E-state index is 12.6. The number of methoxy groups -OCH3 is 3. The average molecular weight is 378 g/mol. The molecule has 1 fully saturated rings. The van der Waals surface area contributed by atoms with E-state index in [1.165, 1.54) is 21.3 Å². The van der Waals surface area contributed by atoms with Crippen LogP contribution in [0.3, 0.4) is 0 Å². The summed E-state index contributed by atoms with van der Waals surface area (Å²) in [5.41, 5.74) is 0.591. The molecule has 1 aromatic carbocycles. The number of hydrogen-bond donors (Lipinski definition) is 1. The quantitative estimate of drug-likeness (QED) is 0.789. The predicted molar refractivity (Wildman–Crippen MR) is 103 cm³/mol. The lowest BCUT2D eigenvalue weighted by Crippen LogP contribution is -2.41. The number of piperidine rings is 1. The summed E-state index contributed by atoms with van der Waals surface area (Å²) in [6, 6.07) is 3.42. The van der Waals surface area contributed by atoms with E-state index in [1.807, 2.05) is 18.7 Å². The molecule has 1 heterocycles. The zero-order chi connectivity index (χ0) is 20.0. The zero-order valence-electron chi connectivity index (χ0n) is 16.8. The Labute approximate surface area is 161 Å². The topological polar surface area (TPSA) is 77.1 Å². The highest BCUT2D eigenvalue weighted by atomic mass is 16.5. The molecular formula is C20H30N2O5. The van der Waals surface area contributed by atoms with Crippen molar-refractivity contribution in [3.05, 3.63) is 12.1 Å². The Kier molecular flexibility index (Phi) is 7.33. The number of anilines is 1. The van der Waals surface area contributed by atoms with E-state index in [9.17, 15) is 9.59 Å². The van der Waals surface area contributed by atoms with Crippen molar-refractivity contribution in [1.82, 2.24) is 4.90 Å². The zero-order valence-corrected chi connectivity index (χ0v) is 16.8. The number of rotatable bonds is 7. The molecule has 150 valence electrons. The second-order valence-electron chi connectivity index (χ2n) is 7.16. The van der Waals surface area contributed by atoms with Gasteiger partial charge in [-0.15, -0.1) is 0 Å². The number of amides is 2. The third-order valence-corrected chi connectivity index (χ3v) is 4.73. The van der Waals surface area contributed by atoms with Gasteiger partial charge in [-0.1, -0.05) is 13.8 Å². The summed E-state index contributed by atoms with van der Waals surface area (Å²) in [5, 5.41) is 2.93. The van der Waals surface area contributed by atoms with Crippen LogP contribution in [0.4, 0.5) is 5.69 Å². The molecule has 7 heteroatoms. The summed E-state index contributed by atoms with van der Waals surface area (Å²) in [6.45, 7) is 5.32. The molecule has 0 unspecified atom stereocenters. The van der Waals surface area contributed by atoms with Crippen molar-refractivity contribution in [3.63, 3.8) is 0 Å². The van der Waals surface area contributed by atoms with Crippen molar-refractivity contribution in [2.45, 2.75) is 33.1 Å².